The van der Waals surface area contributed by atoms with Crippen LogP contribution in [-0.4, -0.2) is 9.55 Å². The summed E-state index contributed by atoms with van der Waals surface area (Å²) in [6, 6.07) is 10.8. The van der Waals surface area contributed by atoms with Crippen molar-refractivity contribution in [2.24, 2.45) is 0 Å². The van der Waals surface area contributed by atoms with E-state index in [9.17, 15) is 0 Å². The second-order valence-electron chi connectivity index (χ2n) is 5.92. The van der Waals surface area contributed by atoms with Crippen LogP contribution >= 0.6 is 0 Å². The van der Waals surface area contributed by atoms with Gasteiger partial charge in [0.05, 0.1) is 6.04 Å². The molecule has 0 amide bonds. The van der Waals surface area contributed by atoms with E-state index in [0.717, 1.165) is 27.7 Å². The van der Waals surface area contributed by atoms with Crippen LogP contribution in [-0.2, 0) is 0 Å². The van der Waals surface area contributed by atoms with Crippen molar-refractivity contribution in [3.63, 3.8) is 0 Å². The number of rotatable bonds is 2. The van der Waals surface area contributed by atoms with Crippen molar-refractivity contribution in [1.82, 2.24) is 9.55 Å². The normalized spacial score (nSPS) is 11.8. The van der Waals surface area contributed by atoms with Crippen molar-refractivity contribution in [2.45, 2.75) is 26.8 Å². The van der Waals surface area contributed by atoms with Gasteiger partial charge in [-0.05, 0) is 39.0 Å². The molecule has 0 bridgehead atoms. The standard InChI is InChI=1S/C18H18N3O/c1-12(2)20-9-10-21(11-20)16-6-4-5-14-15-8-7-13(3)19-18(15)22-17(14)16/h4-12H,1-3H3/q+1. The van der Waals surface area contributed by atoms with Crippen molar-refractivity contribution in [3.8, 4) is 5.69 Å². The van der Waals surface area contributed by atoms with Gasteiger partial charge < -0.3 is 4.42 Å². The molecule has 0 saturated carbocycles. The lowest BCUT2D eigenvalue weighted by Gasteiger charge is -1.98. The molecule has 0 aliphatic carbocycles. The largest absolute Gasteiger partial charge is 0.433 e. The summed E-state index contributed by atoms with van der Waals surface area (Å²) < 4.78 is 10.3. The molecule has 0 spiro atoms. The van der Waals surface area contributed by atoms with Gasteiger partial charge in [0.1, 0.15) is 12.4 Å². The predicted octanol–water partition coefficient (Wildman–Crippen LogP) is 3.95. The van der Waals surface area contributed by atoms with E-state index in [1.54, 1.807) is 0 Å². The molecule has 0 saturated heterocycles. The molecule has 0 unspecified atom stereocenters. The fourth-order valence-corrected chi connectivity index (χ4v) is 2.78. The van der Waals surface area contributed by atoms with Crippen molar-refractivity contribution in [1.29, 1.82) is 0 Å². The van der Waals surface area contributed by atoms with Crippen LogP contribution in [0.5, 0.6) is 0 Å². The van der Waals surface area contributed by atoms with Gasteiger partial charge >= 0.3 is 0 Å². The third kappa shape index (κ3) is 1.91. The highest BCUT2D eigenvalue weighted by Gasteiger charge is 2.17. The van der Waals surface area contributed by atoms with Crippen LogP contribution in [0.3, 0.4) is 0 Å². The lowest BCUT2D eigenvalue weighted by Crippen LogP contribution is -2.33. The fraction of sp³-hybridized carbons (Fsp3) is 0.222. The zero-order chi connectivity index (χ0) is 15.3. The Morgan fingerprint density at radius 2 is 2.00 bits per heavy atom. The summed E-state index contributed by atoms with van der Waals surface area (Å²) in [6.07, 6.45) is 6.22. The quantitative estimate of drug-likeness (QED) is 0.524. The summed E-state index contributed by atoms with van der Waals surface area (Å²) in [4.78, 5) is 4.50. The molecule has 3 heterocycles. The SMILES string of the molecule is Cc1ccc2c(n1)oc1c(-n3cc[n+](C(C)C)c3)cccc12. The Morgan fingerprint density at radius 1 is 1.14 bits per heavy atom. The Kier molecular flexibility index (Phi) is 2.79. The number of hydrogen-bond donors (Lipinski definition) is 0. The number of aryl methyl sites for hydroxylation is 1. The van der Waals surface area contributed by atoms with Crippen molar-refractivity contribution in [3.05, 3.63) is 54.7 Å². The van der Waals surface area contributed by atoms with Gasteiger partial charge in [0.2, 0.25) is 12.0 Å². The molecular formula is C18H18N3O+. The summed E-state index contributed by atoms with van der Waals surface area (Å²) in [5, 5.41) is 2.16. The molecule has 0 fully saturated rings. The highest BCUT2D eigenvalue weighted by Crippen LogP contribution is 2.31. The number of fused-ring (bicyclic) bond motifs is 3. The minimum absolute atomic E-state index is 0.431. The molecule has 0 atom stereocenters. The van der Waals surface area contributed by atoms with Gasteiger partial charge in [0.15, 0.2) is 11.3 Å². The monoisotopic (exact) mass is 292 g/mol. The number of nitrogens with zero attached hydrogens (tertiary/aromatic N) is 3. The van der Waals surface area contributed by atoms with E-state index in [0.29, 0.717) is 11.8 Å². The van der Waals surface area contributed by atoms with E-state index in [2.05, 4.69) is 71.0 Å². The van der Waals surface area contributed by atoms with Gasteiger partial charge in [-0.1, -0.05) is 12.1 Å². The third-order valence-electron chi connectivity index (χ3n) is 4.01. The molecule has 0 N–H and O–H groups in total. The first-order valence-electron chi connectivity index (χ1n) is 7.51. The van der Waals surface area contributed by atoms with Crippen LogP contribution in [0.25, 0.3) is 27.8 Å². The zero-order valence-electron chi connectivity index (χ0n) is 12.9. The van der Waals surface area contributed by atoms with Gasteiger partial charge in [-0.15, -0.1) is 0 Å². The lowest BCUT2D eigenvalue weighted by atomic mass is 10.1. The smallest absolute Gasteiger partial charge is 0.249 e. The molecule has 1 aromatic carbocycles. The number of aromatic nitrogens is 3. The first-order chi connectivity index (χ1) is 10.6. The molecule has 22 heavy (non-hydrogen) atoms. The van der Waals surface area contributed by atoms with E-state index in [1.165, 1.54) is 0 Å². The topological polar surface area (TPSA) is 34.8 Å². The Balaban J connectivity index is 1.99. The van der Waals surface area contributed by atoms with Crippen LogP contribution in [0.2, 0.25) is 0 Å². The molecule has 4 rings (SSSR count). The minimum Gasteiger partial charge on any atom is -0.433 e. The predicted molar refractivity (Wildman–Crippen MR) is 86.2 cm³/mol. The second kappa shape index (κ2) is 4.70. The maximum absolute atomic E-state index is 6.05. The molecule has 0 radical (unpaired) electrons. The summed E-state index contributed by atoms with van der Waals surface area (Å²) in [5.74, 6) is 0. The Hall–Kier alpha value is -2.62. The molecule has 110 valence electrons. The molecular weight excluding hydrogens is 274 g/mol. The Labute approximate surface area is 128 Å². The van der Waals surface area contributed by atoms with E-state index < -0.39 is 0 Å². The Morgan fingerprint density at radius 3 is 2.77 bits per heavy atom. The first kappa shape index (κ1) is 13.1. The minimum atomic E-state index is 0.431. The lowest BCUT2D eigenvalue weighted by molar-refractivity contribution is -0.715. The van der Waals surface area contributed by atoms with Crippen molar-refractivity contribution < 1.29 is 8.98 Å². The fourth-order valence-electron chi connectivity index (χ4n) is 2.78. The molecule has 4 nitrogen and oxygen atoms in total. The molecule has 3 aromatic heterocycles. The first-order valence-corrected chi connectivity index (χ1v) is 7.51. The van der Waals surface area contributed by atoms with Crippen molar-refractivity contribution >= 4 is 22.1 Å². The summed E-state index contributed by atoms with van der Waals surface area (Å²) >= 11 is 0. The maximum atomic E-state index is 6.05. The highest BCUT2D eigenvalue weighted by molar-refractivity contribution is 6.06. The van der Waals surface area contributed by atoms with Crippen LogP contribution in [0.15, 0.2) is 53.5 Å². The van der Waals surface area contributed by atoms with Crippen LogP contribution in [0.1, 0.15) is 25.6 Å². The zero-order valence-corrected chi connectivity index (χ0v) is 12.9. The van der Waals surface area contributed by atoms with Crippen molar-refractivity contribution in [2.75, 3.05) is 0 Å². The van der Waals surface area contributed by atoms with Crippen LogP contribution in [0, 0.1) is 6.92 Å². The summed E-state index contributed by atoms with van der Waals surface area (Å²) in [6.45, 7) is 6.31. The van der Waals surface area contributed by atoms with Crippen LogP contribution < -0.4 is 4.57 Å². The van der Waals surface area contributed by atoms with Crippen LogP contribution in [0.4, 0.5) is 0 Å². The molecule has 0 aliphatic heterocycles. The number of benzene rings is 1. The third-order valence-corrected chi connectivity index (χ3v) is 4.01. The summed E-state index contributed by atoms with van der Waals surface area (Å²) in [7, 11) is 0. The number of furan rings is 1. The molecule has 4 heteroatoms. The van der Waals surface area contributed by atoms with E-state index >= 15 is 0 Å². The van der Waals surface area contributed by atoms with E-state index in [4.69, 9.17) is 4.42 Å². The number of imidazole rings is 1. The second-order valence-corrected chi connectivity index (χ2v) is 5.92. The average Bonchev–Trinajstić information content (AvgIpc) is 3.10. The number of para-hydroxylation sites is 1. The van der Waals surface area contributed by atoms with Gasteiger partial charge in [-0.2, -0.15) is 4.57 Å². The van der Waals surface area contributed by atoms with Gasteiger partial charge in [0, 0.05) is 16.5 Å². The molecule has 4 aromatic rings. The van der Waals surface area contributed by atoms with Gasteiger partial charge in [0.25, 0.3) is 0 Å². The highest BCUT2D eigenvalue weighted by atomic mass is 16.3. The van der Waals surface area contributed by atoms with Gasteiger partial charge in [-0.3, -0.25) is 0 Å². The van der Waals surface area contributed by atoms with Gasteiger partial charge in [-0.25, -0.2) is 9.55 Å². The maximum Gasteiger partial charge on any atom is 0.249 e. The Bertz CT molecular complexity index is 979. The number of pyridine rings is 1. The van der Waals surface area contributed by atoms with E-state index in [-0.39, 0.29) is 0 Å². The average molecular weight is 292 g/mol. The number of hydrogen-bond acceptors (Lipinski definition) is 2. The summed E-state index contributed by atoms with van der Waals surface area (Å²) in [5.41, 5.74) is 3.58. The van der Waals surface area contributed by atoms with E-state index in [1.807, 2.05) is 13.0 Å². The molecule has 0 aliphatic rings.